The second-order valence-corrected chi connectivity index (χ2v) is 8.76. The minimum Gasteiger partial charge on any atom is -0.494 e. The summed E-state index contributed by atoms with van der Waals surface area (Å²) in [5, 5.41) is 2.63. The Bertz CT molecular complexity index is 937. The van der Waals surface area contributed by atoms with E-state index in [0.717, 1.165) is 0 Å². The minimum atomic E-state index is -3.71. The number of carbonyl (C=O) groups is 1. The molecule has 146 valence electrons. The van der Waals surface area contributed by atoms with E-state index in [1.807, 2.05) is 0 Å². The molecular formula is C19H23FN2O4S. The Labute approximate surface area is 158 Å². The molecule has 0 bridgehead atoms. The van der Waals surface area contributed by atoms with E-state index >= 15 is 0 Å². The number of hydrogen-bond donors (Lipinski definition) is 2. The molecule has 0 aromatic heterocycles. The zero-order valence-corrected chi connectivity index (χ0v) is 16.5. The van der Waals surface area contributed by atoms with Crippen molar-refractivity contribution >= 4 is 21.6 Å². The van der Waals surface area contributed by atoms with E-state index in [4.69, 9.17) is 4.74 Å². The highest BCUT2D eigenvalue weighted by Crippen LogP contribution is 2.20. The molecule has 6 nitrogen and oxygen atoms in total. The molecule has 0 saturated heterocycles. The highest BCUT2D eigenvalue weighted by atomic mass is 32.2. The summed E-state index contributed by atoms with van der Waals surface area (Å²) in [5.41, 5.74) is 0.186. The zero-order chi connectivity index (χ0) is 20.2. The lowest BCUT2D eigenvalue weighted by Gasteiger charge is -2.20. The van der Waals surface area contributed by atoms with Gasteiger partial charge in [0.05, 0.1) is 18.4 Å². The second-order valence-electron chi connectivity index (χ2n) is 7.08. The minimum absolute atomic E-state index is 0.0470. The molecule has 27 heavy (non-hydrogen) atoms. The molecule has 2 N–H and O–H groups in total. The number of sulfonamides is 1. The molecule has 0 spiro atoms. The normalized spacial score (nSPS) is 11.9. The van der Waals surface area contributed by atoms with Gasteiger partial charge in [-0.3, -0.25) is 4.79 Å². The van der Waals surface area contributed by atoms with Crippen LogP contribution in [0.15, 0.2) is 47.4 Å². The van der Waals surface area contributed by atoms with E-state index in [1.54, 1.807) is 39.0 Å². The molecule has 0 saturated carbocycles. The topological polar surface area (TPSA) is 84.5 Å². The predicted molar refractivity (Wildman–Crippen MR) is 102 cm³/mol. The highest BCUT2D eigenvalue weighted by molar-refractivity contribution is 7.89. The van der Waals surface area contributed by atoms with Gasteiger partial charge in [0.25, 0.3) is 0 Å². The number of ether oxygens (including phenoxy) is 1. The van der Waals surface area contributed by atoms with Crippen LogP contribution in [0.3, 0.4) is 0 Å². The summed E-state index contributed by atoms with van der Waals surface area (Å²) >= 11 is 0. The Hall–Kier alpha value is -2.45. The van der Waals surface area contributed by atoms with Gasteiger partial charge < -0.3 is 10.1 Å². The second kappa shape index (κ2) is 8.06. The summed E-state index contributed by atoms with van der Waals surface area (Å²) in [6.45, 7) is 5.22. The summed E-state index contributed by atoms with van der Waals surface area (Å²) in [6, 6.07) is 10.2. The first kappa shape index (κ1) is 20.9. The van der Waals surface area contributed by atoms with Crippen molar-refractivity contribution in [3.63, 3.8) is 0 Å². The third kappa shape index (κ3) is 6.04. The van der Waals surface area contributed by atoms with Gasteiger partial charge in [0.15, 0.2) is 11.6 Å². The van der Waals surface area contributed by atoms with Gasteiger partial charge in [0, 0.05) is 11.2 Å². The maximum absolute atomic E-state index is 13.7. The average Bonchev–Trinajstić information content (AvgIpc) is 2.53. The molecule has 0 unspecified atom stereocenters. The van der Waals surface area contributed by atoms with Crippen LogP contribution in [-0.2, 0) is 21.2 Å². The summed E-state index contributed by atoms with van der Waals surface area (Å²) in [6.07, 6.45) is -0.0574. The number of amides is 1. The van der Waals surface area contributed by atoms with Crippen LogP contribution < -0.4 is 14.8 Å². The van der Waals surface area contributed by atoms with Gasteiger partial charge in [-0.1, -0.05) is 12.1 Å². The van der Waals surface area contributed by atoms with E-state index in [9.17, 15) is 17.6 Å². The largest absolute Gasteiger partial charge is 0.494 e. The van der Waals surface area contributed by atoms with E-state index < -0.39 is 27.3 Å². The Morgan fingerprint density at radius 2 is 1.85 bits per heavy atom. The molecular weight excluding hydrogens is 371 g/mol. The van der Waals surface area contributed by atoms with Crippen molar-refractivity contribution in [2.45, 2.75) is 37.6 Å². The summed E-state index contributed by atoms with van der Waals surface area (Å²) in [7, 11) is -2.35. The van der Waals surface area contributed by atoms with Gasteiger partial charge in [0.1, 0.15) is 0 Å². The molecule has 0 atom stereocenters. The summed E-state index contributed by atoms with van der Waals surface area (Å²) in [5.74, 6) is -0.842. The molecule has 0 fully saturated rings. The zero-order valence-electron chi connectivity index (χ0n) is 15.7. The van der Waals surface area contributed by atoms with Crippen molar-refractivity contribution in [2.24, 2.45) is 0 Å². The van der Waals surface area contributed by atoms with Crippen LogP contribution in [0.4, 0.5) is 10.1 Å². The Morgan fingerprint density at radius 1 is 1.15 bits per heavy atom. The van der Waals surface area contributed by atoms with E-state index in [-0.39, 0.29) is 17.1 Å². The van der Waals surface area contributed by atoms with Crippen LogP contribution in [-0.4, -0.2) is 27.0 Å². The number of methoxy groups -OCH3 is 1. The van der Waals surface area contributed by atoms with Gasteiger partial charge in [0.2, 0.25) is 15.9 Å². The van der Waals surface area contributed by atoms with Crippen LogP contribution in [0.5, 0.6) is 5.75 Å². The van der Waals surface area contributed by atoms with Gasteiger partial charge in [-0.15, -0.1) is 0 Å². The van der Waals surface area contributed by atoms with Crippen molar-refractivity contribution in [1.29, 1.82) is 0 Å². The van der Waals surface area contributed by atoms with Crippen LogP contribution in [0.1, 0.15) is 26.3 Å². The lowest BCUT2D eigenvalue weighted by atomic mass is 10.1. The van der Waals surface area contributed by atoms with Crippen molar-refractivity contribution in [3.8, 4) is 5.75 Å². The standard InChI is InChI=1S/C19H23FN2O4S/c1-19(2,3)22-27(24,25)15-7-5-6-14(12-15)21-18(23)11-13-8-9-17(26-4)16(20)10-13/h5-10,12,22H,11H2,1-4H3,(H,21,23). The van der Waals surface area contributed by atoms with Crippen molar-refractivity contribution < 1.29 is 22.3 Å². The van der Waals surface area contributed by atoms with E-state index in [1.165, 1.54) is 31.4 Å². The number of rotatable bonds is 6. The Balaban J connectivity index is 2.11. The lowest BCUT2D eigenvalue weighted by molar-refractivity contribution is -0.115. The fourth-order valence-corrected chi connectivity index (χ4v) is 3.88. The summed E-state index contributed by atoms with van der Waals surface area (Å²) < 4.78 is 45.9. The molecule has 0 heterocycles. The quantitative estimate of drug-likeness (QED) is 0.789. The van der Waals surface area contributed by atoms with E-state index in [0.29, 0.717) is 11.3 Å². The van der Waals surface area contributed by atoms with Crippen LogP contribution in [0.25, 0.3) is 0 Å². The molecule has 0 aliphatic rings. The van der Waals surface area contributed by atoms with Crippen LogP contribution >= 0.6 is 0 Å². The fourth-order valence-electron chi connectivity index (χ4n) is 2.41. The number of hydrogen-bond acceptors (Lipinski definition) is 4. The Morgan fingerprint density at radius 3 is 2.44 bits per heavy atom. The average molecular weight is 394 g/mol. The smallest absolute Gasteiger partial charge is 0.241 e. The van der Waals surface area contributed by atoms with E-state index in [2.05, 4.69) is 10.0 Å². The van der Waals surface area contributed by atoms with Gasteiger partial charge >= 0.3 is 0 Å². The highest BCUT2D eigenvalue weighted by Gasteiger charge is 2.22. The van der Waals surface area contributed by atoms with Crippen molar-refractivity contribution in [2.75, 3.05) is 12.4 Å². The molecule has 2 rings (SSSR count). The maximum atomic E-state index is 13.7. The first-order chi connectivity index (χ1) is 12.5. The van der Waals surface area contributed by atoms with Gasteiger partial charge in [-0.2, -0.15) is 0 Å². The molecule has 2 aromatic rings. The number of carbonyl (C=O) groups excluding carboxylic acids is 1. The number of benzene rings is 2. The first-order valence-electron chi connectivity index (χ1n) is 8.26. The third-order valence-corrected chi connectivity index (χ3v) is 5.21. The number of halogens is 1. The van der Waals surface area contributed by atoms with Crippen molar-refractivity contribution in [3.05, 3.63) is 53.8 Å². The van der Waals surface area contributed by atoms with Gasteiger partial charge in [-0.25, -0.2) is 17.5 Å². The molecule has 0 aliphatic carbocycles. The predicted octanol–water partition coefficient (Wildman–Crippen LogP) is 3.09. The Kier molecular flexibility index (Phi) is 6.22. The van der Waals surface area contributed by atoms with Crippen LogP contribution in [0.2, 0.25) is 0 Å². The first-order valence-corrected chi connectivity index (χ1v) is 9.75. The number of nitrogens with one attached hydrogen (secondary N) is 2. The fraction of sp³-hybridized carbons (Fsp3) is 0.316. The SMILES string of the molecule is COc1ccc(CC(=O)Nc2cccc(S(=O)(=O)NC(C)(C)C)c2)cc1F. The molecule has 8 heteroatoms. The van der Waals surface area contributed by atoms with Gasteiger partial charge in [-0.05, 0) is 56.7 Å². The maximum Gasteiger partial charge on any atom is 0.241 e. The molecule has 0 radical (unpaired) electrons. The monoisotopic (exact) mass is 394 g/mol. The lowest BCUT2D eigenvalue weighted by Crippen LogP contribution is -2.40. The molecule has 1 amide bonds. The molecule has 0 aliphatic heterocycles. The van der Waals surface area contributed by atoms with Crippen molar-refractivity contribution in [1.82, 2.24) is 4.72 Å². The number of anilines is 1. The summed E-state index contributed by atoms with van der Waals surface area (Å²) in [4.78, 5) is 12.3. The third-order valence-electron chi connectivity index (χ3n) is 3.45. The molecule has 2 aromatic carbocycles. The van der Waals surface area contributed by atoms with Crippen LogP contribution in [0, 0.1) is 5.82 Å².